The molecule has 0 spiro atoms. The maximum Gasteiger partial charge on any atom is 0.325 e. The van der Waals surface area contributed by atoms with Crippen LogP contribution in [0.5, 0.6) is 0 Å². The van der Waals surface area contributed by atoms with Crippen molar-refractivity contribution >= 4 is 11.9 Å². The highest BCUT2D eigenvalue weighted by atomic mass is 16.2. The van der Waals surface area contributed by atoms with Crippen LogP contribution in [0.1, 0.15) is 26.5 Å². The van der Waals surface area contributed by atoms with E-state index in [0.717, 1.165) is 5.69 Å². The van der Waals surface area contributed by atoms with Gasteiger partial charge in [0, 0.05) is 6.20 Å². The highest BCUT2D eigenvalue weighted by molar-refractivity contribution is 6.06. The van der Waals surface area contributed by atoms with Crippen molar-refractivity contribution in [3.8, 4) is 5.69 Å². The molecule has 3 rings (SSSR count). The number of carbonyl (C=O) groups is 2. The minimum absolute atomic E-state index is 0.0193. The van der Waals surface area contributed by atoms with Crippen LogP contribution < -0.4 is 5.32 Å². The molecule has 1 aromatic heterocycles. The van der Waals surface area contributed by atoms with E-state index >= 15 is 0 Å². The Morgan fingerprint density at radius 1 is 1.17 bits per heavy atom. The molecule has 1 fully saturated rings. The predicted molar refractivity (Wildman–Crippen MR) is 85.9 cm³/mol. The minimum atomic E-state index is -0.848. The molecule has 1 N–H and O–H groups in total. The number of benzene rings is 1. The van der Waals surface area contributed by atoms with Crippen LogP contribution in [-0.2, 0) is 11.3 Å². The highest BCUT2D eigenvalue weighted by Gasteiger charge is 2.49. The second-order valence-electron chi connectivity index (χ2n) is 6.27. The molecular weight excluding hydrogens is 292 g/mol. The molecule has 23 heavy (non-hydrogen) atoms. The average molecular weight is 312 g/mol. The number of nitrogens with zero attached hydrogens (tertiary/aromatic N) is 3. The lowest BCUT2D eigenvalue weighted by Crippen LogP contribution is -2.48. The molecule has 2 heterocycles. The van der Waals surface area contributed by atoms with Gasteiger partial charge in [0.25, 0.3) is 5.91 Å². The molecule has 1 aliphatic rings. The summed E-state index contributed by atoms with van der Waals surface area (Å²) in [7, 11) is 0. The molecule has 1 aliphatic heterocycles. The molecular formula is C17H20N4O2. The second kappa shape index (κ2) is 5.53. The lowest BCUT2D eigenvalue weighted by atomic mass is 9.88. The third-order valence-corrected chi connectivity index (χ3v) is 4.44. The molecule has 6 heteroatoms. The molecule has 0 radical (unpaired) electrons. The van der Waals surface area contributed by atoms with Crippen molar-refractivity contribution in [1.29, 1.82) is 0 Å². The third-order valence-electron chi connectivity index (χ3n) is 4.44. The summed E-state index contributed by atoms with van der Waals surface area (Å²) < 4.78 is 1.73. The summed E-state index contributed by atoms with van der Waals surface area (Å²) in [6, 6.07) is 11.2. The van der Waals surface area contributed by atoms with Gasteiger partial charge in [0.2, 0.25) is 0 Å². The summed E-state index contributed by atoms with van der Waals surface area (Å²) in [5.41, 5.74) is 0.757. The normalized spacial score (nSPS) is 21.1. The van der Waals surface area contributed by atoms with Gasteiger partial charge in [-0.1, -0.05) is 32.0 Å². The highest BCUT2D eigenvalue weighted by Crippen LogP contribution is 2.26. The van der Waals surface area contributed by atoms with Crippen molar-refractivity contribution in [3.05, 3.63) is 48.3 Å². The Morgan fingerprint density at radius 2 is 1.87 bits per heavy atom. The quantitative estimate of drug-likeness (QED) is 0.881. The SMILES string of the molecule is CC(C)C1(C)NC(=O)N(Cc2ccn(-c3ccccc3)n2)C1=O. The van der Waals surface area contributed by atoms with Gasteiger partial charge >= 0.3 is 6.03 Å². The topological polar surface area (TPSA) is 67.2 Å². The number of carbonyl (C=O) groups excluding carboxylic acids is 2. The van der Waals surface area contributed by atoms with Gasteiger partial charge < -0.3 is 5.32 Å². The smallest absolute Gasteiger partial charge is 0.323 e. The van der Waals surface area contributed by atoms with Gasteiger partial charge in [-0.2, -0.15) is 5.10 Å². The fourth-order valence-electron chi connectivity index (χ4n) is 2.58. The van der Waals surface area contributed by atoms with Crippen LogP contribution in [0.15, 0.2) is 42.6 Å². The molecule has 0 aliphatic carbocycles. The number of aromatic nitrogens is 2. The van der Waals surface area contributed by atoms with Crippen molar-refractivity contribution in [2.45, 2.75) is 32.9 Å². The summed E-state index contributed by atoms with van der Waals surface area (Å²) in [6.07, 6.45) is 1.82. The summed E-state index contributed by atoms with van der Waals surface area (Å²) in [4.78, 5) is 25.9. The van der Waals surface area contributed by atoms with Crippen molar-refractivity contribution in [2.75, 3.05) is 0 Å². The van der Waals surface area contributed by atoms with E-state index < -0.39 is 5.54 Å². The Balaban J connectivity index is 1.79. The van der Waals surface area contributed by atoms with Crippen LogP contribution in [-0.4, -0.2) is 32.2 Å². The molecule has 3 amide bonds. The molecule has 1 aromatic carbocycles. The zero-order chi connectivity index (χ0) is 16.6. The van der Waals surface area contributed by atoms with E-state index in [9.17, 15) is 9.59 Å². The van der Waals surface area contributed by atoms with Crippen molar-refractivity contribution in [2.24, 2.45) is 5.92 Å². The summed E-state index contributed by atoms with van der Waals surface area (Å²) >= 11 is 0. The Hall–Kier alpha value is -2.63. The van der Waals surface area contributed by atoms with Crippen LogP contribution in [0.3, 0.4) is 0 Å². The molecule has 1 atom stereocenters. The van der Waals surface area contributed by atoms with Crippen LogP contribution in [0.4, 0.5) is 4.79 Å². The van der Waals surface area contributed by atoms with Crippen molar-refractivity contribution < 1.29 is 9.59 Å². The largest absolute Gasteiger partial charge is 0.325 e. The Labute approximate surface area is 135 Å². The van der Waals surface area contributed by atoms with Crippen LogP contribution >= 0.6 is 0 Å². The molecule has 2 aromatic rings. The van der Waals surface area contributed by atoms with Gasteiger partial charge in [0.05, 0.1) is 17.9 Å². The molecule has 0 bridgehead atoms. The summed E-state index contributed by atoms with van der Waals surface area (Å²) in [6.45, 7) is 5.78. The lowest BCUT2D eigenvalue weighted by Gasteiger charge is -2.25. The van der Waals surface area contributed by atoms with E-state index in [0.29, 0.717) is 5.69 Å². The maximum absolute atomic E-state index is 12.6. The average Bonchev–Trinajstić information content (AvgIpc) is 3.08. The van der Waals surface area contributed by atoms with E-state index in [-0.39, 0.29) is 24.4 Å². The first-order valence-electron chi connectivity index (χ1n) is 7.66. The van der Waals surface area contributed by atoms with Gasteiger partial charge in [-0.25, -0.2) is 9.48 Å². The zero-order valence-electron chi connectivity index (χ0n) is 13.5. The number of rotatable bonds is 4. The number of hydrogen-bond acceptors (Lipinski definition) is 3. The monoisotopic (exact) mass is 312 g/mol. The van der Waals surface area contributed by atoms with E-state index in [1.807, 2.05) is 56.4 Å². The molecule has 6 nitrogen and oxygen atoms in total. The number of hydrogen-bond donors (Lipinski definition) is 1. The van der Waals surface area contributed by atoms with Gasteiger partial charge in [0.15, 0.2) is 0 Å². The first-order valence-corrected chi connectivity index (χ1v) is 7.66. The van der Waals surface area contributed by atoms with Crippen LogP contribution in [0.25, 0.3) is 5.69 Å². The number of urea groups is 1. The van der Waals surface area contributed by atoms with Gasteiger partial charge in [-0.3, -0.25) is 9.69 Å². The zero-order valence-corrected chi connectivity index (χ0v) is 13.5. The van der Waals surface area contributed by atoms with E-state index in [1.165, 1.54) is 4.90 Å². The second-order valence-corrected chi connectivity index (χ2v) is 6.27. The minimum Gasteiger partial charge on any atom is -0.323 e. The van der Waals surface area contributed by atoms with E-state index in [4.69, 9.17) is 0 Å². The van der Waals surface area contributed by atoms with Crippen LogP contribution in [0.2, 0.25) is 0 Å². The number of imide groups is 1. The van der Waals surface area contributed by atoms with Crippen LogP contribution in [0, 0.1) is 5.92 Å². The van der Waals surface area contributed by atoms with E-state index in [2.05, 4.69) is 10.4 Å². The predicted octanol–water partition coefficient (Wildman–Crippen LogP) is 2.34. The van der Waals surface area contributed by atoms with Gasteiger partial charge in [-0.05, 0) is 31.0 Å². The number of amides is 3. The Kier molecular flexibility index (Phi) is 3.67. The first-order chi connectivity index (χ1) is 10.9. The fraction of sp³-hybridized carbons (Fsp3) is 0.353. The lowest BCUT2D eigenvalue weighted by molar-refractivity contribution is -0.132. The molecule has 120 valence electrons. The number of para-hydroxylation sites is 1. The van der Waals surface area contributed by atoms with Gasteiger partial charge in [-0.15, -0.1) is 0 Å². The van der Waals surface area contributed by atoms with Crippen molar-refractivity contribution in [1.82, 2.24) is 20.0 Å². The third kappa shape index (κ3) is 2.60. The standard InChI is InChI=1S/C17H20N4O2/c1-12(2)17(3)15(22)20(16(23)18-17)11-13-9-10-21(19-13)14-7-5-4-6-8-14/h4-10,12H,11H2,1-3H3,(H,18,23). The van der Waals surface area contributed by atoms with Gasteiger partial charge in [0.1, 0.15) is 5.54 Å². The molecule has 1 unspecified atom stereocenters. The molecule has 0 saturated carbocycles. The van der Waals surface area contributed by atoms with Crippen molar-refractivity contribution in [3.63, 3.8) is 0 Å². The fourth-order valence-corrected chi connectivity index (χ4v) is 2.58. The number of nitrogens with one attached hydrogen (secondary N) is 1. The first kappa shape index (κ1) is 15.3. The molecule has 1 saturated heterocycles. The Bertz CT molecular complexity index is 738. The van der Waals surface area contributed by atoms with E-state index in [1.54, 1.807) is 11.6 Å². The summed E-state index contributed by atoms with van der Waals surface area (Å²) in [5.74, 6) is -0.183. The summed E-state index contributed by atoms with van der Waals surface area (Å²) in [5, 5.41) is 7.24. The maximum atomic E-state index is 12.6. The Morgan fingerprint density at radius 3 is 2.48 bits per heavy atom.